The van der Waals surface area contributed by atoms with Gasteiger partial charge in [-0.25, -0.2) is 40.0 Å². The number of nitrogens with zero attached hydrogens (tertiary/aromatic N) is 2. The molecule has 1 saturated carbocycles. The predicted octanol–water partition coefficient (Wildman–Crippen LogP) is 11.9. The Bertz CT molecular complexity index is 779. The molecule has 0 radical (unpaired) electrons. The van der Waals surface area contributed by atoms with E-state index in [0.29, 0.717) is 13.1 Å². The summed E-state index contributed by atoms with van der Waals surface area (Å²) in [4.78, 5) is 44.6. The SMILES string of the molecule is CCCCCCCCC1C(CCCCCCCCN=C=O)C(CCCCCCCC)C1CCCCCCCCN=C=O.N=C=O.N=C=O. The molecule has 0 saturated heterocycles. The molecule has 48 heavy (non-hydrogen) atoms. The second-order valence-corrected chi connectivity index (χ2v) is 13.7. The Labute approximate surface area is 294 Å². The van der Waals surface area contributed by atoms with Crippen LogP contribution in [0.2, 0.25) is 0 Å². The highest BCUT2D eigenvalue weighted by atomic mass is 16.1. The fourth-order valence-electron chi connectivity index (χ4n) is 7.81. The van der Waals surface area contributed by atoms with Crippen molar-refractivity contribution in [1.82, 2.24) is 0 Å². The minimum atomic E-state index is 0.656. The molecule has 0 bridgehead atoms. The monoisotopic (exact) mass is 673 g/mol. The number of isocyanates is 4. The van der Waals surface area contributed by atoms with E-state index in [1.54, 1.807) is 12.2 Å². The number of aliphatic imine (C=N–C) groups is 2. The molecule has 1 aliphatic rings. The third kappa shape index (κ3) is 29.6. The molecule has 0 amide bonds. The first-order valence-electron chi connectivity index (χ1n) is 19.8. The summed E-state index contributed by atoms with van der Waals surface area (Å²) in [6.45, 7) is 5.95. The van der Waals surface area contributed by atoms with E-state index in [2.05, 4.69) is 23.8 Å². The van der Waals surface area contributed by atoms with Crippen LogP contribution in [0.15, 0.2) is 9.98 Å². The summed E-state index contributed by atoms with van der Waals surface area (Å²) in [5, 5.41) is 10.8. The predicted molar refractivity (Wildman–Crippen MR) is 197 cm³/mol. The summed E-state index contributed by atoms with van der Waals surface area (Å²) in [6.07, 6.45) is 43.1. The number of unbranched alkanes of at least 4 members (excludes halogenated alkanes) is 20. The normalized spacial score (nSPS) is 17.5. The molecular formula is C40H72N4O4. The first-order chi connectivity index (χ1) is 23.6. The molecule has 0 atom stereocenters. The number of hydrogen-bond donors (Lipinski definition) is 2. The highest BCUT2D eigenvalue weighted by Crippen LogP contribution is 2.55. The van der Waals surface area contributed by atoms with Gasteiger partial charge in [0, 0.05) is 0 Å². The summed E-state index contributed by atoms with van der Waals surface area (Å²) in [5.41, 5.74) is 0. The Morgan fingerprint density at radius 3 is 0.812 bits per heavy atom. The van der Waals surface area contributed by atoms with E-state index in [4.69, 9.17) is 20.4 Å². The van der Waals surface area contributed by atoms with E-state index < -0.39 is 0 Å². The average Bonchev–Trinajstić information content (AvgIpc) is 3.08. The van der Waals surface area contributed by atoms with Gasteiger partial charge in [0.05, 0.1) is 13.1 Å². The van der Waals surface area contributed by atoms with Gasteiger partial charge < -0.3 is 0 Å². The van der Waals surface area contributed by atoms with Gasteiger partial charge in [-0.3, -0.25) is 0 Å². The summed E-state index contributed by atoms with van der Waals surface area (Å²) >= 11 is 0. The third-order valence-electron chi connectivity index (χ3n) is 10.2. The van der Waals surface area contributed by atoms with Gasteiger partial charge >= 0.3 is 0 Å². The Morgan fingerprint density at radius 1 is 0.375 bits per heavy atom. The van der Waals surface area contributed by atoms with Crippen LogP contribution in [0.5, 0.6) is 0 Å². The van der Waals surface area contributed by atoms with Gasteiger partial charge in [-0.1, -0.05) is 155 Å². The van der Waals surface area contributed by atoms with E-state index in [0.717, 1.165) is 48.7 Å². The zero-order valence-corrected chi connectivity index (χ0v) is 31.1. The molecule has 0 aromatic carbocycles. The van der Waals surface area contributed by atoms with Gasteiger partial charge in [0.25, 0.3) is 0 Å². The smallest absolute Gasteiger partial charge is 0.222 e. The molecule has 1 aliphatic carbocycles. The third-order valence-corrected chi connectivity index (χ3v) is 10.2. The number of hydrogen-bond acceptors (Lipinski definition) is 8. The second kappa shape index (κ2) is 40.7. The lowest BCUT2D eigenvalue weighted by Gasteiger charge is -2.54. The van der Waals surface area contributed by atoms with Gasteiger partial charge in [-0.2, -0.15) is 0 Å². The molecule has 0 unspecified atom stereocenters. The topological polar surface area (TPSA) is 141 Å². The lowest BCUT2D eigenvalue weighted by Crippen LogP contribution is -2.46. The summed E-state index contributed by atoms with van der Waals surface area (Å²) in [5.74, 6) is 3.95. The van der Waals surface area contributed by atoms with Gasteiger partial charge in [0.15, 0.2) is 0 Å². The van der Waals surface area contributed by atoms with Crippen LogP contribution in [0.1, 0.15) is 194 Å². The summed E-state index contributed by atoms with van der Waals surface area (Å²) in [6, 6.07) is 0. The quantitative estimate of drug-likeness (QED) is 0.0416. The molecular weight excluding hydrogens is 600 g/mol. The lowest BCUT2D eigenvalue weighted by molar-refractivity contribution is -0.0486. The Kier molecular flexibility index (Phi) is 40.4. The van der Waals surface area contributed by atoms with Crippen LogP contribution in [-0.2, 0) is 19.2 Å². The van der Waals surface area contributed by atoms with Crippen molar-refractivity contribution in [3.05, 3.63) is 0 Å². The van der Waals surface area contributed by atoms with Crippen molar-refractivity contribution < 1.29 is 19.2 Å². The second-order valence-electron chi connectivity index (χ2n) is 13.7. The van der Waals surface area contributed by atoms with Gasteiger partial charge in [-0.15, -0.1) is 0 Å². The highest BCUT2D eigenvalue weighted by molar-refractivity contribution is 5.32. The fourth-order valence-corrected chi connectivity index (χ4v) is 7.81. The van der Waals surface area contributed by atoms with E-state index in [1.807, 2.05) is 0 Å². The maximum Gasteiger partial charge on any atom is 0.234 e. The van der Waals surface area contributed by atoms with E-state index in [-0.39, 0.29) is 0 Å². The maximum atomic E-state index is 10.2. The summed E-state index contributed by atoms with van der Waals surface area (Å²) < 4.78 is 0. The molecule has 0 aliphatic heterocycles. The molecule has 0 aromatic rings. The molecule has 1 fully saturated rings. The lowest BCUT2D eigenvalue weighted by atomic mass is 9.51. The first-order valence-corrected chi connectivity index (χ1v) is 19.8. The molecule has 276 valence electrons. The van der Waals surface area contributed by atoms with E-state index >= 15 is 0 Å². The average molecular weight is 673 g/mol. The minimum absolute atomic E-state index is 0.656. The van der Waals surface area contributed by atoms with Crippen molar-refractivity contribution in [3.63, 3.8) is 0 Å². The molecule has 0 spiro atoms. The van der Waals surface area contributed by atoms with Crippen LogP contribution in [0.3, 0.4) is 0 Å². The standard InChI is InChI=1S/C38H70N2O2.2CHNO/c1-3-5-7-9-15-21-27-35-37(29-23-17-11-13-19-25-31-39-33-41)36(28-22-16-10-8-6-4-2)38(35)30-24-18-12-14-20-26-32-40-34-42;2*2-1-3/h35-38H,3-32H2,1-2H3;2*2H. The van der Waals surface area contributed by atoms with Crippen molar-refractivity contribution in [2.75, 3.05) is 13.1 Å². The number of nitrogens with one attached hydrogen (secondary N) is 2. The van der Waals surface area contributed by atoms with Crippen LogP contribution in [0.4, 0.5) is 0 Å². The highest BCUT2D eigenvalue weighted by Gasteiger charge is 2.47. The Balaban J connectivity index is 0. The Morgan fingerprint density at radius 2 is 0.583 bits per heavy atom. The van der Waals surface area contributed by atoms with E-state index in [9.17, 15) is 9.59 Å². The first kappa shape index (κ1) is 47.6. The fraction of sp³-hybridized carbons (Fsp3) is 0.900. The molecule has 8 heteroatoms. The Hall–Kier alpha value is -2.48. The molecule has 1 rings (SSSR count). The van der Waals surface area contributed by atoms with Crippen molar-refractivity contribution in [1.29, 1.82) is 10.8 Å². The van der Waals surface area contributed by atoms with Crippen LogP contribution in [0.25, 0.3) is 0 Å². The molecule has 0 aromatic heterocycles. The van der Waals surface area contributed by atoms with Crippen LogP contribution < -0.4 is 0 Å². The maximum absolute atomic E-state index is 10.2. The van der Waals surface area contributed by atoms with Crippen molar-refractivity contribution in [3.8, 4) is 0 Å². The van der Waals surface area contributed by atoms with Crippen LogP contribution >= 0.6 is 0 Å². The van der Waals surface area contributed by atoms with Crippen molar-refractivity contribution in [2.24, 2.45) is 33.7 Å². The number of carbonyl (C=O) groups excluding carboxylic acids is 4. The minimum Gasteiger partial charge on any atom is -0.222 e. The van der Waals surface area contributed by atoms with Gasteiger partial charge in [0.2, 0.25) is 24.3 Å². The van der Waals surface area contributed by atoms with Crippen molar-refractivity contribution in [2.45, 2.75) is 194 Å². The molecule has 0 heterocycles. The zero-order valence-electron chi connectivity index (χ0n) is 31.1. The summed E-state index contributed by atoms with van der Waals surface area (Å²) in [7, 11) is 0. The number of rotatable bonds is 32. The van der Waals surface area contributed by atoms with Crippen LogP contribution in [-0.4, -0.2) is 37.4 Å². The molecule has 2 N–H and O–H groups in total. The zero-order chi connectivity index (χ0) is 35.8. The largest absolute Gasteiger partial charge is 0.234 e. The van der Waals surface area contributed by atoms with Gasteiger partial charge in [0.1, 0.15) is 0 Å². The molecule has 8 nitrogen and oxygen atoms in total. The van der Waals surface area contributed by atoms with E-state index in [1.165, 1.54) is 167 Å². The van der Waals surface area contributed by atoms with Crippen LogP contribution in [0, 0.1) is 34.5 Å². The van der Waals surface area contributed by atoms with Crippen molar-refractivity contribution >= 4 is 24.3 Å². The van der Waals surface area contributed by atoms with Gasteiger partial charge in [-0.05, 0) is 62.2 Å².